The highest BCUT2D eigenvalue weighted by Crippen LogP contribution is 2.50. The molecule has 2 aliphatic rings. The van der Waals surface area contributed by atoms with Crippen LogP contribution in [-0.2, 0) is 4.79 Å². The van der Waals surface area contributed by atoms with E-state index in [-0.39, 0.29) is 43.2 Å². The molecule has 0 spiro atoms. The van der Waals surface area contributed by atoms with Gasteiger partial charge in [0.25, 0.3) is 5.91 Å². The number of carbonyl (C=O) groups is 1. The van der Waals surface area contributed by atoms with Gasteiger partial charge in [0.1, 0.15) is 0 Å². The summed E-state index contributed by atoms with van der Waals surface area (Å²) >= 11 is 1.47. The lowest BCUT2D eigenvalue weighted by Crippen LogP contribution is -2.44. The Bertz CT molecular complexity index is 837. The Kier molecular flexibility index (Phi) is 8.90. The van der Waals surface area contributed by atoms with Crippen LogP contribution in [0.1, 0.15) is 58.1 Å². The summed E-state index contributed by atoms with van der Waals surface area (Å²) in [6.45, 7) is 14.5. The number of rotatable bonds is 5. The molecule has 2 fully saturated rings. The van der Waals surface area contributed by atoms with Crippen molar-refractivity contribution in [1.29, 1.82) is 0 Å². The zero-order chi connectivity index (χ0) is 23.3. The maximum Gasteiger partial charge on any atom is 0.250 e. The molecule has 1 saturated heterocycles. The fourth-order valence-corrected chi connectivity index (χ4v) is 5.39. The second-order valence-electron chi connectivity index (χ2n) is 8.78. The number of carbonyl (C=O) groups excluding carboxylic acids is 1. The van der Waals surface area contributed by atoms with Crippen LogP contribution in [-0.4, -0.2) is 35.9 Å². The number of alkyl halides is 2. The number of halogens is 2. The third-order valence-corrected chi connectivity index (χ3v) is 6.84. The van der Waals surface area contributed by atoms with E-state index in [0.29, 0.717) is 12.1 Å². The Morgan fingerprint density at radius 1 is 1.29 bits per heavy atom. The fraction of sp³-hybridized carbons (Fsp3) is 0.560. The monoisotopic (exact) mass is 450 g/mol. The van der Waals surface area contributed by atoms with E-state index in [9.17, 15) is 13.6 Å². The first kappa shape index (κ1) is 25.6. The highest BCUT2D eigenvalue weighted by atomic mass is 32.2. The Morgan fingerprint density at radius 2 is 1.94 bits per heavy atom. The summed E-state index contributed by atoms with van der Waals surface area (Å²) in [5, 5.41) is 0. The summed E-state index contributed by atoms with van der Waals surface area (Å²) in [5.41, 5.74) is 8.61. The van der Waals surface area contributed by atoms with Crippen molar-refractivity contribution in [2.45, 2.75) is 65.8 Å². The maximum absolute atomic E-state index is 13.8. The van der Waals surface area contributed by atoms with Crippen molar-refractivity contribution < 1.29 is 13.6 Å². The van der Waals surface area contributed by atoms with E-state index in [4.69, 9.17) is 5.73 Å². The van der Waals surface area contributed by atoms with Crippen LogP contribution in [0.3, 0.4) is 0 Å². The first-order valence-corrected chi connectivity index (χ1v) is 11.9. The van der Waals surface area contributed by atoms with Crippen molar-refractivity contribution in [3.05, 3.63) is 52.4 Å². The van der Waals surface area contributed by atoms with Crippen LogP contribution in [0.4, 0.5) is 8.78 Å². The minimum absolute atomic E-state index is 0.113. The molecule has 1 aliphatic heterocycles. The highest BCUT2D eigenvalue weighted by Gasteiger charge is 2.55. The van der Waals surface area contributed by atoms with Crippen LogP contribution < -0.4 is 5.73 Å². The number of nitrogens with zero attached hydrogens (tertiary/aromatic N) is 1. The van der Waals surface area contributed by atoms with E-state index in [2.05, 4.69) is 20.4 Å². The molecule has 1 aromatic carbocycles. The number of hydrogen-bond donors (Lipinski definition) is 1. The average Bonchev–Trinajstić information content (AvgIpc) is 3.16. The van der Waals surface area contributed by atoms with Gasteiger partial charge >= 0.3 is 0 Å². The normalized spacial score (nSPS) is 24.8. The standard InChI is InChI=1S/C22H28F2N2OS.C3H8/c1-13(2)28-20(16-7-5-6-14(3)8-16)15(4)21(27)26-12-17-9-22(23,24)10-18(17)19(26)11-25;1-3-2/h5-8,17-19H,1,9-12,25H2,2-4H3;3H2,1-2H3/b20-15+;/t17-,18-,19?;/m0./s1. The SMILES string of the molecule is C=C(C)S/C(=C(\C)C(=O)N1C[C@@H]2CC(F)(F)C[C@@H]2C1CN)c1cccc(C)c1.CCC. The molecule has 0 aromatic heterocycles. The summed E-state index contributed by atoms with van der Waals surface area (Å²) in [5.74, 6) is -3.13. The summed E-state index contributed by atoms with van der Waals surface area (Å²) in [4.78, 5) is 16.8. The van der Waals surface area contributed by atoms with Gasteiger partial charge in [-0.25, -0.2) is 8.78 Å². The first-order chi connectivity index (χ1) is 14.5. The van der Waals surface area contributed by atoms with Crippen molar-refractivity contribution in [3.63, 3.8) is 0 Å². The van der Waals surface area contributed by atoms with Gasteiger partial charge in [0.2, 0.25) is 5.92 Å². The molecular weight excluding hydrogens is 414 g/mol. The van der Waals surface area contributed by atoms with Gasteiger partial charge in [-0.3, -0.25) is 4.79 Å². The lowest BCUT2D eigenvalue weighted by atomic mass is 9.94. The molecule has 0 bridgehead atoms. The number of nitrogens with two attached hydrogens (primary N) is 1. The zero-order valence-electron chi connectivity index (χ0n) is 19.4. The predicted octanol–water partition coefficient (Wildman–Crippen LogP) is 6.24. The van der Waals surface area contributed by atoms with E-state index in [0.717, 1.165) is 20.9 Å². The summed E-state index contributed by atoms with van der Waals surface area (Å²) in [6, 6.07) is 7.67. The van der Waals surface area contributed by atoms with Crippen LogP contribution in [0, 0.1) is 18.8 Å². The van der Waals surface area contributed by atoms with E-state index in [1.807, 2.05) is 45.0 Å². The largest absolute Gasteiger partial charge is 0.334 e. The van der Waals surface area contributed by atoms with E-state index in [1.165, 1.54) is 18.2 Å². The van der Waals surface area contributed by atoms with Crippen molar-refractivity contribution >= 4 is 22.6 Å². The molecule has 1 saturated carbocycles. The quantitative estimate of drug-likeness (QED) is 0.540. The molecular formula is C25H36F2N2OS. The predicted molar refractivity (Wildman–Crippen MR) is 128 cm³/mol. The number of thioether (sulfide) groups is 1. The van der Waals surface area contributed by atoms with Crippen LogP contribution in [0.25, 0.3) is 4.91 Å². The second kappa shape index (κ2) is 10.8. The molecule has 2 N–H and O–H groups in total. The van der Waals surface area contributed by atoms with Gasteiger partial charge in [-0.15, -0.1) is 0 Å². The maximum atomic E-state index is 13.8. The molecule has 1 aromatic rings. The third-order valence-electron chi connectivity index (χ3n) is 5.75. The molecule has 3 nitrogen and oxygen atoms in total. The van der Waals surface area contributed by atoms with E-state index >= 15 is 0 Å². The number of fused-ring (bicyclic) bond motifs is 1. The van der Waals surface area contributed by atoms with Crippen molar-refractivity contribution in [2.75, 3.05) is 13.1 Å². The van der Waals surface area contributed by atoms with Gasteiger partial charge in [-0.2, -0.15) is 0 Å². The number of likely N-dealkylation sites (tertiary alicyclic amines) is 1. The first-order valence-electron chi connectivity index (χ1n) is 11.0. The van der Waals surface area contributed by atoms with Crippen LogP contribution in [0.2, 0.25) is 0 Å². The van der Waals surface area contributed by atoms with Gasteiger partial charge in [0.05, 0.1) is 0 Å². The fourth-order valence-electron chi connectivity index (χ4n) is 4.56. The molecule has 6 heteroatoms. The topological polar surface area (TPSA) is 46.3 Å². The van der Waals surface area contributed by atoms with Gasteiger partial charge in [-0.1, -0.05) is 68.4 Å². The molecule has 1 amide bonds. The molecule has 1 aliphatic carbocycles. The number of hydrogen-bond acceptors (Lipinski definition) is 3. The molecule has 0 radical (unpaired) electrons. The summed E-state index contributed by atoms with van der Waals surface area (Å²) in [7, 11) is 0. The number of amides is 1. The van der Waals surface area contributed by atoms with Crippen LogP contribution in [0.5, 0.6) is 0 Å². The Morgan fingerprint density at radius 3 is 2.48 bits per heavy atom. The smallest absolute Gasteiger partial charge is 0.250 e. The zero-order valence-corrected chi connectivity index (χ0v) is 20.2. The Balaban J connectivity index is 0.00000107. The second-order valence-corrected chi connectivity index (χ2v) is 10.1. The lowest BCUT2D eigenvalue weighted by molar-refractivity contribution is -0.128. The van der Waals surface area contributed by atoms with Gasteiger partial charge in [-0.05, 0) is 43.1 Å². The highest BCUT2D eigenvalue weighted by molar-refractivity contribution is 8.11. The molecule has 172 valence electrons. The number of benzene rings is 1. The van der Waals surface area contributed by atoms with Gasteiger partial charge in [0, 0.05) is 42.5 Å². The lowest BCUT2D eigenvalue weighted by Gasteiger charge is -2.28. The van der Waals surface area contributed by atoms with Crippen LogP contribution in [0.15, 0.2) is 41.3 Å². The summed E-state index contributed by atoms with van der Waals surface area (Å²) in [6.07, 6.45) is 0.934. The Labute approximate surface area is 190 Å². The molecule has 1 unspecified atom stereocenters. The molecule has 31 heavy (non-hydrogen) atoms. The third kappa shape index (κ3) is 6.19. The number of allylic oxidation sites excluding steroid dienone is 1. The van der Waals surface area contributed by atoms with Gasteiger partial charge in [0.15, 0.2) is 0 Å². The average molecular weight is 451 g/mol. The van der Waals surface area contributed by atoms with E-state index < -0.39 is 5.92 Å². The number of aryl methyl sites for hydroxylation is 1. The Hall–Kier alpha value is -1.66. The van der Waals surface area contributed by atoms with Crippen molar-refractivity contribution in [1.82, 2.24) is 4.90 Å². The summed E-state index contributed by atoms with van der Waals surface area (Å²) < 4.78 is 27.7. The minimum Gasteiger partial charge on any atom is -0.334 e. The van der Waals surface area contributed by atoms with Crippen LogP contribution >= 0.6 is 11.8 Å². The van der Waals surface area contributed by atoms with Crippen molar-refractivity contribution in [3.8, 4) is 0 Å². The molecule has 1 heterocycles. The minimum atomic E-state index is -2.63. The van der Waals surface area contributed by atoms with E-state index in [1.54, 1.807) is 4.90 Å². The van der Waals surface area contributed by atoms with Crippen molar-refractivity contribution in [2.24, 2.45) is 17.6 Å². The molecule has 3 rings (SSSR count). The van der Waals surface area contributed by atoms with Gasteiger partial charge < -0.3 is 10.6 Å². The molecule has 3 atom stereocenters.